The third kappa shape index (κ3) is 3.28. The van der Waals surface area contributed by atoms with Crippen molar-refractivity contribution in [1.29, 1.82) is 0 Å². The summed E-state index contributed by atoms with van der Waals surface area (Å²) in [5, 5.41) is 0. The number of amides is 1. The number of carbonyl (C=O) groups excluding carboxylic acids is 1. The van der Waals surface area contributed by atoms with Crippen molar-refractivity contribution in [3.63, 3.8) is 0 Å². The number of anilines is 1. The number of nitrogens with zero attached hydrogens (tertiary/aromatic N) is 2. The molecule has 0 unspecified atom stereocenters. The summed E-state index contributed by atoms with van der Waals surface area (Å²) in [6, 6.07) is 7.63. The fourth-order valence-corrected chi connectivity index (χ4v) is 7.67. The lowest BCUT2D eigenvalue weighted by atomic mass is 9.69. The van der Waals surface area contributed by atoms with Crippen LogP contribution in [-0.2, 0) is 19.5 Å². The molecule has 5 fully saturated rings. The monoisotopic (exact) mass is 476 g/mol. The third-order valence-corrected chi connectivity index (χ3v) is 11.1. The Labute approximate surface area is 211 Å². The Bertz CT molecular complexity index is 1040. The van der Waals surface area contributed by atoms with Crippen LogP contribution in [0, 0.1) is 5.41 Å². The average Bonchev–Trinajstić information content (AvgIpc) is 3.29. The van der Waals surface area contributed by atoms with Crippen molar-refractivity contribution in [3.05, 3.63) is 23.8 Å². The summed E-state index contributed by atoms with van der Waals surface area (Å²) in [5.41, 5.74) is 3.08. The molecule has 3 saturated carbocycles. The molecule has 0 atom stereocenters. The van der Waals surface area contributed by atoms with E-state index in [0.29, 0.717) is 23.4 Å². The summed E-state index contributed by atoms with van der Waals surface area (Å²) in [7, 11) is -0.390. The topological polar surface area (TPSA) is 42.0 Å². The van der Waals surface area contributed by atoms with Crippen molar-refractivity contribution >= 4 is 24.2 Å². The minimum Gasteiger partial charge on any atom is -0.399 e. The largest absolute Gasteiger partial charge is 0.494 e. The predicted molar refractivity (Wildman–Crippen MR) is 139 cm³/mol. The smallest absolute Gasteiger partial charge is 0.399 e. The predicted octanol–water partition coefficient (Wildman–Crippen LogP) is 4.55. The highest BCUT2D eigenvalue weighted by atomic mass is 16.7. The van der Waals surface area contributed by atoms with Crippen molar-refractivity contribution in [2.75, 3.05) is 18.0 Å². The Morgan fingerprint density at radius 2 is 1.57 bits per heavy atom. The van der Waals surface area contributed by atoms with Crippen LogP contribution in [-0.4, -0.2) is 54.3 Å². The molecule has 2 spiro atoms. The van der Waals surface area contributed by atoms with E-state index in [9.17, 15) is 4.79 Å². The number of rotatable bonds is 3. The number of fused-ring (bicyclic) bond motifs is 2. The van der Waals surface area contributed by atoms with Crippen molar-refractivity contribution in [1.82, 2.24) is 4.90 Å². The van der Waals surface area contributed by atoms with E-state index in [4.69, 9.17) is 9.31 Å². The second-order valence-corrected chi connectivity index (χ2v) is 13.7. The van der Waals surface area contributed by atoms with Gasteiger partial charge in [0.1, 0.15) is 0 Å². The minimum absolute atomic E-state index is 0.307. The molecule has 6 heteroatoms. The lowest BCUT2D eigenvalue weighted by Gasteiger charge is -2.46. The van der Waals surface area contributed by atoms with Gasteiger partial charge in [-0.2, -0.15) is 0 Å². The van der Waals surface area contributed by atoms with Gasteiger partial charge in [0, 0.05) is 24.3 Å². The molecular weight excluding hydrogens is 435 g/mol. The van der Waals surface area contributed by atoms with Gasteiger partial charge < -0.3 is 14.2 Å². The highest BCUT2D eigenvalue weighted by molar-refractivity contribution is 6.62. The zero-order valence-electron chi connectivity index (χ0n) is 22.1. The summed E-state index contributed by atoms with van der Waals surface area (Å²) < 4.78 is 12.8. The first-order chi connectivity index (χ1) is 16.6. The SMILES string of the molecule is CC1(C)OB(c2ccc3c(c2)N(C2CC(N4CCC5(CC5)C4)C2)C(=O)C32CCCCC2)OC1(C)C. The van der Waals surface area contributed by atoms with Gasteiger partial charge in [-0.25, -0.2) is 0 Å². The molecule has 188 valence electrons. The zero-order valence-corrected chi connectivity index (χ0v) is 22.1. The van der Waals surface area contributed by atoms with E-state index < -0.39 is 7.12 Å². The molecule has 1 amide bonds. The molecule has 2 saturated heterocycles. The maximum atomic E-state index is 14.2. The molecule has 1 aromatic carbocycles. The lowest BCUT2D eigenvalue weighted by Crippen LogP contribution is -2.56. The number of hydrogen-bond acceptors (Lipinski definition) is 4. The Morgan fingerprint density at radius 3 is 2.20 bits per heavy atom. The van der Waals surface area contributed by atoms with Crippen LogP contribution in [0.25, 0.3) is 0 Å². The summed E-state index contributed by atoms with van der Waals surface area (Å²) >= 11 is 0. The van der Waals surface area contributed by atoms with Crippen LogP contribution < -0.4 is 10.4 Å². The summed E-state index contributed by atoms with van der Waals surface area (Å²) in [4.78, 5) is 19.2. The van der Waals surface area contributed by atoms with Crippen LogP contribution in [0.5, 0.6) is 0 Å². The maximum Gasteiger partial charge on any atom is 0.494 e. The van der Waals surface area contributed by atoms with Crippen LogP contribution >= 0.6 is 0 Å². The molecule has 0 aromatic heterocycles. The first kappa shape index (κ1) is 22.8. The molecule has 3 aliphatic carbocycles. The fraction of sp³-hybridized carbons (Fsp3) is 0.759. The van der Waals surface area contributed by atoms with Crippen LogP contribution in [0.4, 0.5) is 5.69 Å². The van der Waals surface area contributed by atoms with Crippen LogP contribution in [0.1, 0.15) is 97.5 Å². The van der Waals surface area contributed by atoms with E-state index in [0.717, 1.165) is 49.7 Å². The fourth-order valence-electron chi connectivity index (χ4n) is 7.67. The molecule has 6 aliphatic rings. The third-order valence-electron chi connectivity index (χ3n) is 11.1. The summed E-state index contributed by atoms with van der Waals surface area (Å²) in [6.07, 6.45) is 12.0. The average molecular weight is 476 g/mol. The number of carbonyl (C=O) groups is 1. The quantitative estimate of drug-likeness (QED) is 0.601. The van der Waals surface area contributed by atoms with Crippen molar-refractivity contribution in [2.45, 2.75) is 121 Å². The molecule has 7 rings (SSSR count). The molecule has 3 aliphatic heterocycles. The highest BCUT2D eigenvalue weighted by Gasteiger charge is 2.57. The van der Waals surface area contributed by atoms with Crippen molar-refractivity contribution < 1.29 is 14.1 Å². The Kier molecular flexibility index (Phi) is 4.79. The van der Waals surface area contributed by atoms with Crippen LogP contribution in [0.15, 0.2) is 18.2 Å². The number of likely N-dealkylation sites (tertiary alicyclic amines) is 1. The second-order valence-electron chi connectivity index (χ2n) is 13.7. The van der Waals surface area contributed by atoms with Gasteiger partial charge in [0.25, 0.3) is 0 Å². The van der Waals surface area contributed by atoms with Crippen LogP contribution in [0.2, 0.25) is 0 Å². The summed E-state index contributed by atoms with van der Waals surface area (Å²) in [6.45, 7) is 11.0. The van der Waals surface area contributed by atoms with Crippen molar-refractivity contribution in [2.24, 2.45) is 5.41 Å². The number of hydrogen-bond donors (Lipinski definition) is 0. The first-order valence-electron chi connectivity index (χ1n) is 14.2. The standard InChI is InChI=1S/C29H41BN2O3/c1-26(2)27(3,4)35-30(34-26)20-8-9-23-24(16-20)32(25(33)29(23)10-6-5-7-11-29)22-17-21(18-22)31-15-14-28(19-31)12-13-28/h8-9,16,21-22H,5-7,10-15,17-19H2,1-4H3. The van der Waals surface area contributed by atoms with Gasteiger partial charge >= 0.3 is 7.12 Å². The molecule has 0 radical (unpaired) electrons. The molecule has 1 aromatic rings. The van der Waals surface area contributed by atoms with Crippen LogP contribution in [0.3, 0.4) is 0 Å². The van der Waals surface area contributed by atoms with Gasteiger partial charge in [0.2, 0.25) is 5.91 Å². The van der Waals surface area contributed by atoms with Gasteiger partial charge in [0.15, 0.2) is 0 Å². The maximum absolute atomic E-state index is 14.2. The van der Waals surface area contributed by atoms with E-state index in [1.807, 2.05) is 0 Å². The van der Waals surface area contributed by atoms with Gasteiger partial charge in [0.05, 0.1) is 16.6 Å². The molecule has 3 heterocycles. The van der Waals surface area contributed by atoms with E-state index >= 15 is 0 Å². The Balaban J connectivity index is 1.18. The zero-order chi connectivity index (χ0) is 24.2. The second kappa shape index (κ2) is 7.36. The van der Waals surface area contributed by atoms with Gasteiger partial charge in [-0.15, -0.1) is 0 Å². The normalized spacial score (nSPS) is 34.0. The summed E-state index contributed by atoms with van der Waals surface area (Å²) in [5.74, 6) is 0.377. The Morgan fingerprint density at radius 1 is 0.886 bits per heavy atom. The molecule has 35 heavy (non-hydrogen) atoms. The molecule has 0 bridgehead atoms. The molecular formula is C29H41BN2O3. The van der Waals surface area contributed by atoms with E-state index in [-0.39, 0.29) is 16.6 Å². The van der Waals surface area contributed by atoms with Crippen molar-refractivity contribution in [3.8, 4) is 0 Å². The number of benzene rings is 1. The van der Waals surface area contributed by atoms with E-state index in [1.54, 1.807) is 0 Å². The minimum atomic E-state index is -0.390. The molecule has 0 N–H and O–H groups in total. The first-order valence-corrected chi connectivity index (χ1v) is 14.2. The molecule has 5 nitrogen and oxygen atoms in total. The lowest BCUT2D eigenvalue weighted by molar-refractivity contribution is -0.125. The van der Waals surface area contributed by atoms with Gasteiger partial charge in [-0.05, 0) is 102 Å². The van der Waals surface area contributed by atoms with Gasteiger partial charge in [-0.3, -0.25) is 9.69 Å². The highest BCUT2D eigenvalue weighted by Crippen LogP contribution is 2.56. The van der Waals surface area contributed by atoms with E-state index in [1.165, 1.54) is 44.3 Å². The Hall–Kier alpha value is -1.37. The van der Waals surface area contributed by atoms with E-state index in [2.05, 4.69) is 55.7 Å². The van der Waals surface area contributed by atoms with Gasteiger partial charge in [-0.1, -0.05) is 31.4 Å².